The van der Waals surface area contributed by atoms with Crippen molar-refractivity contribution in [3.63, 3.8) is 0 Å². The molecule has 118 valence electrons. The molecule has 0 unspecified atom stereocenters. The van der Waals surface area contributed by atoms with Crippen LogP contribution in [0.25, 0.3) is 5.65 Å². The van der Waals surface area contributed by atoms with Crippen LogP contribution in [0, 0.1) is 6.92 Å². The largest absolute Gasteiger partial charge is 0.300 e. The number of aryl methyl sites for hydroxylation is 1. The summed E-state index contributed by atoms with van der Waals surface area (Å²) in [6.45, 7) is 4.26. The van der Waals surface area contributed by atoms with Gasteiger partial charge in [0.05, 0.1) is 5.69 Å². The fraction of sp³-hybridized carbons (Fsp3) is 0.647. The van der Waals surface area contributed by atoms with E-state index in [-0.39, 0.29) is 5.56 Å². The second-order valence-electron chi connectivity index (χ2n) is 6.90. The molecule has 2 aromatic heterocycles. The molecule has 0 spiro atoms. The summed E-state index contributed by atoms with van der Waals surface area (Å²) in [4.78, 5) is 19.6. The van der Waals surface area contributed by atoms with E-state index in [1.54, 1.807) is 6.07 Å². The number of nitrogens with zero attached hydrogens (tertiary/aromatic N) is 3. The second kappa shape index (κ2) is 5.54. The molecule has 0 radical (unpaired) electrons. The lowest BCUT2D eigenvalue weighted by Crippen LogP contribution is -2.39. The zero-order chi connectivity index (χ0) is 15.1. The molecule has 0 aromatic carbocycles. The fourth-order valence-electron chi connectivity index (χ4n) is 4.17. The Kier molecular flexibility index (Phi) is 3.53. The van der Waals surface area contributed by atoms with Gasteiger partial charge in [0.2, 0.25) is 0 Å². The number of fused-ring (bicyclic) bond motifs is 1. The van der Waals surface area contributed by atoms with Crippen molar-refractivity contribution >= 4 is 5.65 Å². The van der Waals surface area contributed by atoms with E-state index in [9.17, 15) is 4.79 Å². The van der Waals surface area contributed by atoms with Crippen LogP contribution < -0.4 is 5.56 Å². The molecule has 0 bridgehead atoms. The Hall–Kier alpha value is -1.62. The van der Waals surface area contributed by atoms with Crippen LogP contribution in [-0.2, 0) is 0 Å². The van der Waals surface area contributed by atoms with Crippen LogP contribution in [0.3, 0.4) is 0 Å². The first kappa shape index (κ1) is 14.0. The van der Waals surface area contributed by atoms with Crippen molar-refractivity contribution in [2.24, 2.45) is 0 Å². The summed E-state index contributed by atoms with van der Waals surface area (Å²) in [5, 5.41) is 3.03. The third-order valence-corrected chi connectivity index (χ3v) is 5.39. The molecule has 22 heavy (non-hydrogen) atoms. The fourth-order valence-corrected chi connectivity index (χ4v) is 4.17. The van der Waals surface area contributed by atoms with Gasteiger partial charge in [-0.1, -0.05) is 12.8 Å². The lowest BCUT2D eigenvalue weighted by Gasteiger charge is -2.35. The number of aromatic amines is 1. The average Bonchev–Trinajstić information content (AvgIpc) is 3.16. The lowest BCUT2D eigenvalue weighted by atomic mass is 9.92. The number of hydrogen-bond donors (Lipinski definition) is 1. The van der Waals surface area contributed by atoms with Crippen molar-refractivity contribution in [3.05, 3.63) is 33.9 Å². The predicted octanol–water partition coefficient (Wildman–Crippen LogP) is 2.45. The second-order valence-corrected chi connectivity index (χ2v) is 6.90. The van der Waals surface area contributed by atoms with E-state index >= 15 is 0 Å². The third-order valence-electron chi connectivity index (χ3n) is 5.39. The number of aromatic nitrogens is 3. The molecule has 5 nitrogen and oxygen atoms in total. The Balaban J connectivity index is 1.52. The quantitative estimate of drug-likeness (QED) is 0.927. The summed E-state index contributed by atoms with van der Waals surface area (Å²) in [7, 11) is 0. The molecular weight excluding hydrogens is 276 g/mol. The Morgan fingerprint density at radius 3 is 2.59 bits per heavy atom. The van der Waals surface area contributed by atoms with Gasteiger partial charge in [0.1, 0.15) is 0 Å². The summed E-state index contributed by atoms with van der Waals surface area (Å²) >= 11 is 0. The van der Waals surface area contributed by atoms with Gasteiger partial charge < -0.3 is 4.90 Å². The first-order valence-electron chi connectivity index (χ1n) is 8.54. The van der Waals surface area contributed by atoms with Gasteiger partial charge in [-0.3, -0.25) is 9.89 Å². The molecule has 1 N–H and O–H groups in total. The van der Waals surface area contributed by atoms with E-state index in [2.05, 4.69) is 10.00 Å². The Morgan fingerprint density at radius 2 is 1.86 bits per heavy atom. The van der Waals surface area contributed by atoms with Crippen molar-refractivity contribution < 1.29 is 0 Å². The number of nitrogens with one attached hydrogen (secondary N) is 1. The van der Waals surface area contributed by atoms with E-state index < -0.39 is 0 Å². The van der Waals surface area contributed by atoms with E-state index in [0.717, 1.165) is 49.0 Å². The predicted molar refractivity (Wildman–Crippen MR) is 86.4 cm³/mol. The minimum Gasteiger partial charge on any atom is -0.300 e. The molecule has 1 aliphatic heterocycles. The highest BCUT2D eigenvalue weighted by molar-refractivity contribution is 5.39. The van der Waals surface area contributed by atoms with Crippen molar-refractivity contribution in [2.75, 3.05) is 13.1 Å². The minimum atomic E-state index is 0.00585. The average molecular weight is 300 g/mol. The van der Waals surface area contributed by atoms with Gasteiger partial charge in [-0.15, -0.1) is 0 Å². The van der Waals surface area contributed by atoms with Crippen LogP contribution >= 0.6 is 0 Å². The van der Waals surface area contributed by atoms with Gasteiger partial charge in [0.25, 0.3) is 5.56 Å². The molecule has 1 saturated carbocycles. The summed E-state index contributed by atoms with van der Waals surface area (Å²) in [6, 6.07) is 4.48. The van der Waals surface area contributed by atoms with Crippen LogP contribution in [0.2, 0.25) is 0 Å². The van der Waals surface area contributed by atoms with Crippen molar-refractivity contribution in [3.8, 4) is 0 Å². The Bertz CT molecular complexity index is 718. The molecule has 1 saturated heterocycles. The van der Waals surface area contributed by atoms with Crippen molar-refractivity contribution in [1.29, 1.82) is 0 Å². The van der Waals surface area contributed by atoms with Gasteiger partial charge in [0.15, 0.2) is 5.65 Å². The molecule has 5 heteroatoms. The number of rotatable bonds is 2. The zero-order valence-electron chi connectivity index (χ0n) is 13.2. The van der Waals surface area contributed by atoms with Crippen molar-refractivity contribution in [1.82, 2.24) is 19.5 Å². The molecule has 0 amide bonds. The van der Waals surface area contributed by atoms with Gasteiger partial charge >= 0.3 is 0 Å². The lowest BCUT2D eigenvalue weighted by molar-refractivity contribution is 0.153. The SMILES string of the molecule is Cc1cc2nc(C3CCN(C4CCCC4)CC3)cc(=O)n2[nH]1. The highest BCUT2D eigenvalue weighted by Gasteiger charge is 2.28. The van der Waals surface area contributed by atoms with Crippen LogP contribution in [0.15, 0.2) is 16.9 Å². The van der Waals surface area contributed by atoms with Gasteiger partial charge in [-0.05, 0) is 45.7 Å². The molecule has 1 aliphatic carbocycles. The Labute approximate surface area is 130 Å². The summed E-state index contributed by atoms with van der Waals surface area (Å²) in [5.74, 6) is 0.436. The summed E-state index contributed by atoms with van der Waals surface area (Å²) in [6.07, 6.45) is 7.79. The Morgan fingerprint density at radius 1 is 1.14 bits per heavy atom. The van der Waals surface area contributed by atoms with Crippen LogP contribution in [0.4, 0.5) is 0 Å². The summed E-state index contributed by atoms with van der Waals surface area (Å²) in [5.41, 5.74) is 2.71. The van der Waals surface area contributed by atoms with Crippen LogP contribution in [-0.4, -0.2) is 38.6 Å². The standard InChI is InChI=1S/C17H24N4O/c1-12-10-16-18-15(11-17(22)21(16)19-12)13-6-8-20(9-7-13)14-4-2-3-5-14/h10-11,13-14,19H,2-9H2,1H3. The van der Waals surface area contributed by atoms with E-state index in [1.807, 2.05) is 13.0 Å². The number of hydrogen-bond acceptors (Lipinski definition) is 3. The van der Waals surface area contributed by atoms with Gasteiger partial charge in [-0.2, -0.15) is 0 Å². The molecule has 4 rings (SSSR count). The maximum atomic E-state index is 12.2. The highest BCUT2D eigenvalue weighted by atomic mass is 16.1. The normalized spacial score (nSPS) is 21.9. The number of H-pyrrole nitrogens is 1. The summed E-state index contributed by atoms with van der Waals surface area (Å²) < 4.78 is 1.53. The van der Waals surface area contributed by atoms with E-state index in [0.29, 0.717) is 5.92 Å². The van der Waals surface area contributed by atoms with Gasteiger partial charge in [-0.25, -0.2) is 9.50 Å². The third kappa shape index (κ3) is 2.47. The van der Waals surface area contributed by atoms with Gasteiger partial charge in [0, 0.05) is 29.8 Å². The first-order chi connectivity index (χ1) is 10.7. The molecular formula is C17H24N4O. The topological polar surface area (TPSA) is 53.4 Å². The molecule has 2 aromatic rings. The van der Waals surface area contributed by atoms with E-state index in [4.69, 9.17) is 4.98 Å². The monoisotopic (exact) mass is 300 g/mol. The number of piperidine rings is 1. The molecule has 3 heterocycles. The maximum absolute atomic E-state index is 12.2. The minimum absolute atomic E-state index is 0.00585. The zero-order valence-corrected chi connectivity index (χ0v) is 13.2. The van der Waals surface area contributed by atoms with Crippen molar-refractivity contribution in [2.45, 2.75) is 57.4 Å². The molecule has 2 fully saturated rings. The number of likely N-dealkylation sites (tertiary alicyclic amines) is 1. The molecule has 2 aliphatic rings. The molecule has 0 atom stereocenters. The maximum Gasteiger partial charge on any atom is 0.272 e. The highest BCUT2D eigenvalue weighted by Crippen LogP contribution is 2.31. The first-order valence-corrected chi connectivity index (χ1v) is 8.54. The van der Waals surface area contributed by atoms with Crippen LogP contribution in [0.5, 0.6) is 0 Å². The van der Waals surface area contributed by atoms with Crippen LogP contribution in [0.1, 0.15) is 55.8 Å². The van der Waals surface area contributed by atoms with E-state index in [1.165, 1.54) is 30.2 Å². The smallest absolute Gasteiger partial charge is 0.272 e.